The fourth-order valence-electron chi connectivity index (χ4n) is 7.29. The number of aliphatic hydroxyl groups excluding tert-OH is 2. The maximum absolute atomic E-state index is 12.7. The first-order chi connectivity index (χ1) is 32.4. The minimum Gasteiger partial charge on any atom is -0.790 e. The Labute approximate surface area is 407 Å². The summed E-state index contributed by atoms with van der Waals surface area (Å²) in [6.07, 6.45) is 11.6. The molecule has 396 valence electrons. The normalized spacial score (nSPS) is 19.9. The summed E-state index contributed by atoms with van der Waals surface area (Å²) in [6, 6.07) is 0. The van der Waals surface area contributed by atoms with E-state index in [1.54, 1.807) is 0 Å². The van der Waals surface area contributed by atoms with Crippen LogP contribution in [0, 0.1) is 11.3 Å². The van der Waals surface area contributed by atoms with Crippen LogP contribution in [0.5, 0.6) is 0 Å². The van der Waals surface area contributed by atoms with E-state index in [9.17, 15) is 57.9 Å². The zero-order chi connectivity index (χ0) is 51.3. The number of nitrogen functional groups attached to an aromatic ring is 1. The van der Waals surface area contributed by atoms with Gasteiger partial charge in [0.1, 0.15) is 36.3 Å². The van der Waals surface area contributed by atoms with Crippen LogP contribution in [0.15, 0.2) is 12.7 Å². The summed E-state index contributed by atoms with van der Waals surface area (Å²) >= 11 is 1.15. The summed E-state index contributed by atoms with van der Waals surface area (Å²) in [4.78, 5) is 96.9. The summed E-state index contributed by atoms with van der Waals surface area (Å²) in [7, 11) is -17.6. The van der Waals surface area contributed by atoms with E-state index in [1.807, 2.05) is 0 Å². The molecule has 0 spiro atoms. The molecule has 7 atom stereocenters. The smallest absolute Gasteiger partial charge is 0.274 e. The Kier molecular flexibility index (Phi) is 26.4. The molecular weight excluding hydrogens is 987 g/mol. The number of rotatable bonds is 36. The van der Waals surface area contributed by atoms with Gasteiger partial charge in [-0.05, 0) is 12.3 Å². The van der Waals surface area contributed by atoms with Gasteiger partial charge in [0, 0.05) is 37.1 Å². The minimum absolute atomic E-state index is 0.0178. The number of hydrogen-bond acceptors (Lipinski definition) is 22. The van der Waals surface area contributed by atoms with Gasteiger partial charge in [0.25, 0.3) is 15.6 Å². The molecule has 1 aliphatic heterocycles. The molecule has 24 nitrogen and oxygen atoms in total. The monoisotopic (exact) mass is 1060 g/mol. The quantitative estimate of drug-likeness (QED) is 0.0483. The number of nitrogens with two attached hydrogens (primary N) is 1. The van der Waals surface area contributed by atoms with Gasteiger partial charge in [-0.15, -0.1) is 0 Å². The number of hydrogen-bond donors (Lipinski definition) is 5. The van der Waals surface area contributed by atoms with Crippen LogP contribution < -0.4 is 35.9 Å². The van der Waals surface area contributed by atoms with Crippen molar-refractivity contribution in [1.29, 1.82) is 0 Å². The number of thioether (sulfide) groups is 1. The molecule has 1 fully saturated rings. The predicted molar refractivity (Wildman–Crippen MR) is 247 cm³/mol. The lowest BCUT2D eigenvalue weighted by Crippen LogP contribution is -2.46. The molecule has 28 heteroatoms. The second-order valence-corrected chi connectivity index (χ2v) is 23.3. The second kappa shape index (κ2) is 29.9. The van der Waals surface area contributed by atoms with Crippen LogP contribution in [0.3, 0.4) is 0 Å². The summed E-state index contributed by atoms with van der Waals surface area (Å²) in [5.41, 5.74) is 4.10. The molecule has 3 rings (SSSR count). The number of carbonyl (C=O) groups is 3. The Balaban J connectivity index is 1.27. The number of phosphoric acid groups is 3. The number of ether oxygens (including phenoxy) is 1. The Morgan fingerprint density at radius 3 is 2.03 bits per heavy atom. The summed E-state index contributed by atoms with van der Waals surface area (Å²) in [6.45, 7) is 4.75. The minimum atomic E-state index is -5.92. The van der Waals surface area contributed by atoms with E-state index < -0.39 is 84.6 Å². The van der Waals surface area contributed by atoms with Gasteiger partial charge in [-0.2, -0.15) is 0 Å². The molecule has 69 heavy (non-hydrogen) atoms. The van der Waals surface area contributed by atoms with Crippen LogP contribution >= 0.6 is 35.2 Å². The van der Waals surface area contributed by atoms with Crippen molar-refractivity contribution in [3.63, 3.8) is 0 Å². The Morgan fingerprint density at radius 2 is 1.43 bits per heavy atom. The number of carbonyl (C=O) groups excluding carboxylic acids is 3. The number of phosphoric ester groups is 3. The molecule has 0 radical (unpaired) electrons. The zero-order valence-electron chi connectivity index (χ0n) is 39.8. The lowest BCUT2D eigenvalue weighted by atomic mass is 9.87. The van der Waals surface area contributed by atoms with Crippen molar-refractivity contribution in [2.24, 2.45) is 11.3 Å². The molecule has 0 aliphatic carbocycles. The number of fused-ring (bicyclic) bond motifs is 1. The number of imidazole rings is 1. The fraction of sp³-hybridized carbons (Fsp3) is 0.805. The molecule has 2 aromatic heterocycles. The van der Waals surface area contributed by atoms with Crippen molar-refractivity contribution in [3.8, 4) is 0 Å². The van der Waals surface area contributed by atoms with E-state index in [1.165, 1.54) is 90.9 Å². The van der Waals surface area contributed by atoms with Gasteiger partial charge in [-0.1, -0.05) is 129 Å². The Bertz CT molecular complexity index is 2050. The van der Waals surface area contributed by atoms with Crippen LogP contribution in [-0.2, 0) is 50.7 Å². The maximum Gasteiger partial charge on any atom is 0.274 e. The van der Waals surface area contributed by atoms with Crippen molar-refractivity contribution in [2.45, 2.75) is 167 Å². The molecule has 2 amide bonds. The number of nitrogens with one attached hydrogen (secondary N) is 2. The highest BCUT2D eigenvalue weighted by Crippen LogP contribution is 2.56. The standard InChI is InChI=1S/C41H74N7O17P3S/c1-29(2)19-17-15-13-11-9-7-5-6-8-10-12-14-16-18-20-32(50)69-24-23-43-31(49)21-22-44-39(53)36(52)41(3,4)26-62-68(59,60)65-67(57,58)61-25-30-35(64-66(54,55)56)34(51)40(63-30)48-28-47-33-37(42)45-27-46-38(33)48/h27-30,34-36,40,51-52H,5-26H2,1-4H3,(H,43,49)(H,44,53)(H,57,58)(H,59,60)(H2,42,45,46)(H2,54,55,56)/p-4/t30-,34-,35-,36+,40-/m1/s1. The first-order valence-electron chi connectivity index (χ1n) is 23.4. The van der Waals surface area contributed by atoms with Crippen LogP contribution in [0.25, 0.3) is 11.2 Å². The highest BCUT2D eigenvalue weighted by Gasteiger charge is 2.47. The van der Waals surface area contributed by atoms with Crippen LogP contribution in [0.2, 0.25) is 0 Å². The molecular formula is C41H70N7O17P3S-4. The van der Waals surface area contributed by atoms with Crippen molar-refractivity contribution in [3.05, 3.63) is 12.7 Å². The lowest BCUT2D eigenvalue weighted by Gasteiger charge is -2.36. The number of nitrogens with zero attached hydrogens (tertiary/aromatic N) is 4. The van der Waals surface area contributed by atoms with Crippen LogP contribution in [0.4, 0.5) is 5.82 Å². The first kappa shape index (κ1) is 60.9. The number of aliphatic hydroxyl groups is 2. The molecule has 0 saturated carbocycles. The summed E-state index contributed by atoms with van der Waals surface area (Å²) in [5, 5.41) is 26.5. The van der Waals surface area contributed by atoms with Gasteiger partial charge in [0.2, 0.25) is 11.8 Å². The zero-order valence-corrected chi connectivity index (χ0v) is 43.3. The lowest BCUT2D eigenvalue weighted by molar-refractivity contribution is -0.347. The van der Waals surface area contributed by atoms with E-state index in [2.05, 4.69) is 57.3 Å². The van der Waals surface area contributed by atoms with Crippen LogP contribution in [-0.4, -0.2) is 103 Å². The molecule has 6 N–H and O–H groups in total. The molecule has 1 aliphatic rings. The van der Waals surface area contributed by atoms with E-state index in [-0.39, 0.29) is 41.6 Å². The van der Waals surface area contributed by atoms with Gasteiger partial charge in [0.15, 0.2) is 22.8 Å². The largest absolute Gasteiger partial charge is 0.790 e. The Morgan fingerprint density at radius 1 is 0.855 bits per heavy atom. The predicted octanol–water partition coefficient (Wildman–Crippen LogP) is 3.03. The number of aromatic nitrogens is 4. The van der Waals surface area contributed by atoms with E-state index in [0.717, 1.165) is 54.2 Å². The first-order valence-corrected chi connectivity index (χ1v) is 28.8. The average molecular weight is 1060 g/mol. The van der Waals surface area contributed by atoms with Gasteiger partial charge in [0.05, 0.1) is 27.4 Å². The summed E-state index contributed by atoms with van der Waals surface area (Å²) in [5.74, 6) is -0.318. The van der Waals surface area contributed by atoms with Crippen LogP contribution in [0.1, 0.15) is 143 Å². The van der Waals surface area contributed by atoms with Gasteiger partial charge in [-0.3, -0.25) is 28.1 Å². The number of amides is 2. The Hall–Kier alpha value is -2.44. The molecule has 2 aromatic rings. The van der Waals surface area contributed by atoms with Gasteiger partial charge in [-0.25, -0.2) is 19.3 Å². The average Bonchev–Trinajstić information content (AvgIpc) is 3.82. The van der Waals surface area contributed by atoms with E-state index in [4.69, 9.17) is 10.5 Å². The van der Waals surface area contributed by atoms with Crippen molar-refractivity contribution in [1.82, 2.24) is 30.2 Å². The maximum atomic E-state index is 12.7. The van der Waals surface area contributed by atoms with Gasteiger partial charge < -0.3 is 69.0 Å². The summed E-state index contributed by atoms with van der Waals surface area (Å²) < 4.78 is 60.9. The highest BCUT2D eigenvalue weighted by atomic mass is 32.2. The van der Waals surface area contributed by atoms with Gasteiger partial charge >= 0.3 is 0 Å². The third-order valence-corrected chi connectivity index (χ3v) is 15.1. The SMILES string of the molecule is CC(C)CCCCCCCCCCCCCCCCC(=O)SCCNC(=O)CCNC(=O)[C@H](O)C(C)(C)COP(=O)([O-])OP(=O)([O-])OC[C@H]1O[C@@H](n2cnc3c(N)ncnc32)[C@H](O)[C@@H]1OP(=O)([O-])[O-]. The molecule has 1 saturated heterocycles. The number of anilines is 1. The highest BCUT2D eigenvalue weighted by molar-refractivity contribution is 8.13. The number of unbranched alkanes of at least 4 members (excludes halogenated alkanes) is 13. The third kappa shape index (κ3) is 23.3. The van der Waals surface area contributed by atoms with Crippen molar-refractivity contribution < 1.29 is 80.5 Å². The van der Waals surface area contributed by atoms with Crippen molar-refractivity contribution >= 4 is 69.1 Å². The molecule has 3 heterocycles. The third-order valence-electron chi connectivity index (χ3n) is 11.2. The molecule has 0 aromatic carbocycles. The van der Waals surface area contributed by atoms with Crippen molar-refractivity contribution in [2.75, 3.05) is 37.8 Å². The topological polar surface area (TPSA) is 375 Å². The second-order valence-electron chi connectivity index (χ2n) is 18.1. The molecule has 0 bridgehead atoms. The van der Waals surface area contributed by atoms with E-state index >= 15 is 0 Å². The van der Waals surface area contributed by atoms with E-state index in [0.29, 0.717) is 12.2 Å². The molecule has 2 unspecified atom stereocenters. The fourth-order valence-corrected chi connectivity index (χ4v) is 10.7.